The number of halogens is 1. The number of nitrogens with zero attached hydrogens (tertiary/aromatic N) is 1. The molecule has 0 radical (unpaired) electrons. The standard InChI is InChI=1S/C11H15BrN2O2S3/c1-11(10(13)17)4-6-14(7-5-11)19(15,16)9-3-2-8(12)18-9/h2-3H,4-7H2,1H3,(H2,13,17). The summed E-state index contributed by atoms with van der Waals surface area (Å²) in [6.07, 6.45) is 1.35. The Bertz CT molecular complexity index is 589. The Kier molecular flexibility index (Phi) is 4.37. The average Bonchev–Trinajstić information content (AvgIpc) is 2.77. The number of thiocarbonyl (C=S) groups is 1. The van der Waals surface area contributed by atoms with Crippen LogP contribution in [0.3, 0.4) is 0 Å². The van der Waals surface area contributed by atoms with Gasteiger partial charge in [-0.3, -0.25) is 0 Å². The highest BCUT2D eigenvalue weighted by molar-refractivity contribution is 9.11. The van der Waals surface area contributed by atoms with Crippen molar-refractivity contribution in [2.45, 2.75) is 24.0 Å². The third-order valence-electron chi connectivity index (χ3n) is 3.56. The molecule has 0 saturated carbocycles. The van der Waals surface area contributed by atoms with Gasteiger partial charge in [-0.2, -0.15) is 4.31 Å². The quantitative estimate of drug-likeness (QED) is 0.815. The molecule has 0 atom stereocenters. The Morgan fingerprint density at radius 3 is 2.47 bits per heavy atom. The van der Waals surface area contributed by atoms with Crippen LogP contribution < -0.4 is 5.73 Å². The molecule has 0 unspecified atom stereocenters. The van der Waals surface area contributed by atoms with Gasteiger partial charge < -0.3 is 5.73 Å². The zero-order valence-corrected chi connectivity index (χ0v) is 14.5. The van der Waals surface area contributed by atoms with Crippen molar-refractivity contribution < 1.29 is 8.42 Å². The molecule has 8 heteroatoms. The molecule has 19 heavy (non-hydrogen) atoms. The molecular formula is C11H15BrN2O2S3. The van der Waals surface area contributed by atoms with Gasteiger partial charge in [0.25, 0.3) is 10.0 Å². The fraction of sp³-hybridized carbons (Fsp3) is 0.545. The first kappa shape index (κ1) is 15.4. The van der Waals surface area contributed by atoms with Crippen LogP contribution in [0.4, 0.5) is 0 Å². The lowest BCUT2D eigenvalue weighted by Crippen LogP contribution is -2.46. The topological polar surface area (TPSA) is 63.4 Å². The summed E-state index contributed by atoms with van der Waals surface area (Å²) in [5.41, 5.74) is 5.50. The van der Waals surface area contributed by atoms with Gasteiger partial charge in [0.05, 0.1) is 8.77 Å². The van der Waals surface area contributed by atoms with Crippen LogP contribution in [0.5, 0.6) is 0 Å². The second kappa shape index (κ2) is 5.40. The summed E-state index contributed by atoms with van der Waals surface area (Å²) in [5.74, 6) is 0. The van der Waals surface area contributed by atoms with E-state index in [0.717, 1.165) is 3.79 Å². The third-order valence-corrected chi connectivity index (χ3v) is 8.05. The lowest BCUT2D eigenvalue weighted by molar-refractivity contribution is 0.244. The van der Waals surface area contributed by atoms with E-state index in [9.17, 15) is 8.42 Å². The molecule has 0 spiro atoms. The number of nitrogens with two attached hydrogens (primary N) is 1. The zero-order chi connectivity index (χ0) is 14.3. The van der Waals surface area contributed by atoms with Crippen LogP contribution in [0, 0.1) is 5.41 Å². The Labute approximate surface area is 131 Å². The molecule has 2 heterocycles. The summed E-state index contributed by atoms with van der Waals surface area (Å²) in [6, 6.07) is 3.38. The van der Waals surface area contributed by atoms with Gasteiger partial charge in [0.2, 0.25) is 0 Å². The fourth-order valence-corrected chi connectivity index (χ4v) is 5.84. The van der Waals surface area contributed by atoms with Crippen LogP contribution in [-0.2, 0) is 10.0 Å². The molecule has 0 bridgehead atoms. The van der Waals surface area contributed by atoms with E-state index >= 15 is 0 Å². The number of hydrogen-bond donors (Lipinski definition) is 1. The van der Waals surface area contributed by atoms with Crippen molar-refractivity contribution in [2.75, 3.05) is 13.1 Å². The molecule has 1 aliphatic heterocycles. The first-order valence-electron chi connectivity index (χ1n) is 5.81. The monoisotopic (exact) mass is 382 g/mol. The molecule has 1 aliphatic rings. The number of sulfonamides is 1. The van der Waals surface area contributed by atoms with Crippen molar-refractivity contribution in [1.82, 2.24) is 4.31 Å². The number of hydrogen-bond acceptors (Lipinski definition) is 4. The minimum absolute atomic E-state index is 0.225. The Morgan fingerprint density at radius 1 is 1.47 bits per heavy atom. The highest BCUT2D eigenvalue weighted by atomic mass is 79.9. The van der Waals surface area contributed by atoms with Crippen molar-refractivity contribution in [2.24, 2.45) is 11.1 Å². The Balaban J connectivity index is 2.16. The minimum Gasteiger partial charge on any atom is -0.393 e. The summed E-state index contributed by atoms with van der Waals surface area (Å²) >= 11 is 9.58. The zero-order valence-electron chi connectivity index (χ0n) is 10.4. The normalized spacial score (nSPS) is 20.3. The first-order chi connectivity index (χ1) is 8.75. The SMILES string of the molecule is CC1(C(N)=S)CCN(S(=O)(=O)c2ccc(Br)s2)CC1. The summed E-state index contributed by atoms with van der Waals surface area (Å²) in [7, 11) is -3.38. The molecule has 1 aromatic rings. The smallest absolute Gasteiger partial charge is 0.252 e. The maximum atomic E-state index is 12.4. The van der Waals surface area contributed by atoms with Crippen LogP contribution in [0.2, 0.25) is 0 Å². The molecule has 4 nitrogen and oxygen atoms in total. The van der Waals surface area contributed by atoms with Gasteiger partial charge in [-0.1, -0.05) is 19.1 Å². The van der Waals surface area contributed by atoms with Gasteiger partial charge in [-0.25, -0.2) is 8.42 Å². The second-order valence-corrected chi connectivity index (χ2v) is 9.96. The maximum Gasteiger partial charge on any atom is 0.252 e. The van der Waals surface area contributed by atoms with Crippen LogP contribution in [-0.4, -0.2) is 30.8 Å². The van der Waals surface area contributed by atoms with Crippen molar-refractivity contribution in [1.29, 1.82) is 0 Å². The van der Waals surface area contributed by atoms with Gasteiger partial charge >= 0.3 is 0 Å². The number of thiophene rings is 1. The molecule has 0 amide bonds. The predicted octanol–water partition coefficient (Wildman–Crippen LogP) is 2.59. The molecule has 1 aromatic heterocycles. The van der Waals surface area contributed by atoms with Crippen molar-refractivity contribution in [3.05, 3.63) is 15.9 Å². The molecule has 0 aromatic carbocycles. The number of piperidine rings is 1. The van der Waals surface area contributed by atoms with E-state index in [1.165, 1.54) is 15.6 Å². The van der Waals surface area contributed by atoms with E-state index in [-0.39, 0.29) is 5.41 Å². The van der Waals surface area contributed by atoms with Crippen LogP contribution in [0.25, 0.3) is 0 Å². The van der Waals surface area contributed by atoms with Gasteiger partial charge in [0.1, 0.15) is 4.21 Å². The molecule has 0 aliphatic carbocycles. The van der Waals surface area contributed by atoms with E-state index in [1.54, 1.807) is 12.1 Å². The summed E-state index contributed by atoms with van der Waals surface area (Å²) in [6.45, 7) is 2.93. The van der Waals surface area contributed by atoms with Gasteiger partial charge in [-0.05, 0) is 40.9 Å². The maximum absolute atomic E-state index is 12.4. The highest BCUT2D eigenvalue weighted by Crippen LogP contribution is 2.35. The van der Waals surface area contributed by atoms with E-state index in [0.29, 0.717) is 35.1 Å². The van der Waals surface area contributed by atoms with Crippen LogP contribution in [0.15, 0.2) is 20.1 Å². The van der Waals surface area contributed by atoms with Crippen molar-refractivity contribution in [3.8, 4) is 0 Å². The molecule has 106 valence electrons. The summed E-state index contributed by atoms with van der Waals surface area (Å²) in [5, 5.41) is 0. The third kappa shape index (κ3) is 3.02. The lowest BCUT2D eigenvalue weighted by atomic mass is 9.81. The van der Waals surface area contributed by atoms with E-state index < -0.39 is 10.0 Å². The molecule has 2 N–H and O–H groups in total. The first-order valence-corrected chi connectivity index (χ1v) is 9.27. The van der Waals surface area contributed by atoms with Gasteiger partial charge in [-0.15, -0.1) is 11.3 Å². The van der Waals surface area contributed by atoms with E-state index in [4.69, 9.17) is 18.0 Å². The molecule has 2 rings (SSSR count). The van der Waals surface area contributed by atoms with Gasteiger partial charge in [0.15, 0.2) is 0 Å². The van der Waals surface area contributed by atoms with E-state index in [2.05, 4.69) is 15.9 Å². The lowest BCUT2D eigenvalue weighted by Gasteiger charge is -2.37. The second-order valence-electron chi connectivity index (χ2n) is 4.89. The molecule has 1 saturated heterocycles. The van der Waals surface area contributed by atoms with Crippen LogP contribution >= 0.6 is 39.5 Å². The van der Waals surface area contributed by atoms with Crippen molar-refractivity contribution in [3.63, 3.8) is 0 Å². The minimum atomic E-state index is -3.38. The summed E-state index contributed by atoms with van der Waals surface area (Å²) in [4.78, 5) is 0.475. The number of rotatable bonds is 3. The van der Waals surface area contributed by atoms with Gasteiger partial charge in [0, 0.05) is 18.5 Å². The van der Waals surface area contributed by atoms with E-state index in [1.807, 2.05) is 6.92 Å². The predicted molar refractivity (Wildman–Crippen MR) is 84.9 cm³/mol. The van der Waals surface area contributed by atoms with Crippen molar-refractivity contribution >= 4 is 54.5 Å². The largest absolute Gasteiger partial charge is 0.393 e. The molecule has 1 fully saturated rings. The summed E-state index contributed by atoms with van der Waals surface area (Å²) < 4.78 is 27.6. The Morgan fingerprint density at radius 2 is 2.05 bits per heavy atom. The average molecular weight is 383 g/mol. The fourth-order valence-electron chi connectivity index (χ4n) is 2.03. The Hall–Kier alpha value is -0.0200. The molecular weight excluding hydrogens is 368 g/mol. The van der Waals surface area contributed by atoms with Crippen LogP contribution in [0.1, 0.15) is 19.8 Å². The highest BCUT2D eigenvalue weighted by Gasteiger charge is 2.37.